The van der Waals surface area contributed by atoms with Crippen LogP contribution in [0.2, 0.25) is 0 Å². The molecule has 1 N–H and O–H groups in total. The zero-order valence-electron chi connectivity index (χ0n) is 12.3. The largest absolute Gasteiger partial charge is 0.490 e. The van der Waals surface area contributed by atoms with Gasteiger partial charge in [0.15, 0.2) is 11.5 Å². The van der Waals surface area contributed by atoms with Crippen LogP contribution in [0, 0.1) is 0 Å². The van der Waals surface area contributed by atoms with Crippen LogP contribution >= 0.6 is 0 Å². The summed E-state index contributed by atoms with van der Waals surface area (Å²) >= 11 is 0. The van der Waals surface area contributed by atoms with Crippen molar-refractivity contribution in [2.75, 3.05) is 26.3 Å². The molecule has 0 bridgehead atoms. The highest BCUT2D eigenvalue weighted by Crippen LogP contribution is 2.32. The van der Waals surface area contributed by atoms with E-state index in [0.29, 0.717) is 37.7 Å². The summed E-state index contributed by atoms with van der Waals surface area (Å²) in [6, 6.07) is 4.59. The molecule has 6 nitrogen and oxygen atoms in total. The van der Waals surface area contributed by atoms with Gasteiger partial charge >= 0.3 is 0 Å². The Balaban J connectivity index is 2.32. The standard InChI is InChI=1S/C14H21NO5S/c1-3-19-13-6-5-12(9-14(13)20-4-2)21(17,18)15-8-7-11(16)10-15/h5-6,9,11,16H,3-4,7-8,10H2,1-2H3/t11-/m0/s1. The molecule has 1 saturated heterocycles. The second-order valence-corrected chi connectivity index (χ2v) is 6.72. The van der Waals surface area contributed by atoms with Crippen molar-refractivity contribution in [3.63, 3.8) is 0 Å². The fourth-order valence-electron chi connectivity index (χ4n) is 2.27. The van der Waals surface area contributed by atoms with E-state index in [0.717, 1.165) is 0 Å². The highest BCUT2D eigenvalue weighted by atomic mass is 32.2. The molecule has 118 valence electrons. The average molecular weight is 315 g/mol. The minimum atomic E-state index is -3.61. The summed E-state index contributed by atoms with van der Waals surface area (Å²) in [5.74, 6) is 0.944. The van der Waals surface area contributed by atoms with Crippen LogP contribution in [0.4, 0.5) is 0 Å². The Morgan fingerprint density at radius 1 is 1.24 bits per heavy atom. The zero-order valence-corrected chi connectivity index (χ0v) is 13.1. The van der Waals surface area contributed by atoms with Crippen molar-refractivity contribution in [2.45, 2.75) is 31.3 Å². The van der Waals surface area contributed by atoms with E-state index in [4.69, 9.17) is 9.47 Å². The molecule has 0 aromatic heterocycles. The van der Waals surface area contributed by atoms with Crippen molar-refractivity contribution >= 4 is 10.0 Å². The van der Waals surface area contributed by atoms with E-state index in [1.165, 1.54) is 16.4 Å². The van der Waals surface area contributed by atoms with Gasteiger partial charge in [0.25, 0.3) is 0 Å². The highest BCUT2D eigenvalue weighted by molar-refractivity contribution is 7.89. The van der Waals surface area contributed by atoms with Crippen LogP contribution in [-0.4, -0.2) is 50.2 Å². The number of benzene rings is 1. The van der Waals surface area contributed by atoms with Crippen molar-refractivity contribution in [2.24, 2.45) is 0 Å². The second-order valence-electron chi connectivity index (χ2n) is 4.78. The number of aliphatic hydroxyl groups excluding tert-OH is 1. The Labute approximate surface area is 125 Å². The minimum absolute atomic E-state index is 0.138. The van der Waals surface area contributed by atoms with Gasteiger partial charge in [-0.3, -0.25) is 0 Å². The normalized spacial score (nSPS) is 19.7. The summed E-state index contributed by atoms with van der Waals surface area (Å²) in [6.45, 7) is 5.05. The van der Waals surface area contributed by atoms with Gasteiger partial charge in [0, 0.05) is 19.2 Å². The SMILES string of the molecule is CCOc1ccc(S(=O)(=O)N2CC[C@H](O)C2)cc1OCC. The molecule has 2 rings (SSSR count). The topological polar surface area (TPSA) is 76.1 Å². The predicted molar refractivity (Wildman–Crippen MR) is 78.2 cm³/mol. The molecule has 0 aliphatic carbocycles. The van der Waals surface area contributed by atoms with Crippen LogP contribution in [0.1, 0.15) is 20.3 Å². The third-order valence-corrected chi connectivity index (χ3v) is 5.14. The van der Waals surface area contributed by atoms with Gasteiger partial charge in [-0.25, -0.2) is 8.42 Å². The van der Waals surface area contributed by atoms with Crippen molar-refractivity contribution in [3.05, 3.63) is 18.2 Å². The summed E-state index contributed by atoms with van der Waals surface area (Å²) in [5.41, 5.74) is 0. The maximum Gasteiger partial charge on any atom is 0.243 e. The van der Waals surface area contributed by atoms with Gasteiger partial charge in [0.05, 0.1) is 24.2 Å². The monoisotopic (exact) mass is 315 g/mol. The number of sulfonamides is 1. The molecule has 0 spiro atoms. The summed E-state index contributed by atoms with van der Waals surface area (Å²) in [6.07, 6.45) is -0.122. The molecule has 0 saturated carbocycles. The van der Waals surface area contributed by atoms with E-state index in [1.807, 2.05) is 13.8 Å². The Morgan fingerprint density at radius 2 is 1.90 bits per heavy atom. The lowest BCUT2D eigenvalue weighted by Crippen LogP contribution is -2.29. The Kier molecular flexibility index (Phi) is 5.08. The molecule has 1 aromatic rings. The highest BCUT2D eigenvalue weighted by Gasteiger charge is 2.32. The number of β-amino-alcohol motifs (C(OH)–C–C–N with tert-alkyl or cyclic N) is 1. The van der Waals surface area contributed by atoms with E-state index in [1.54, 1.807) is 6.07 Å². The van der Waals surface area contributed by atoms with Gasteiger partial charge < -0.3 is 14.6 Å². The van der Waals surface area contributed by atoms with E-state index in [9.17, 15) is 13.5 Å². The van der Waals surface area contributed by atoms with Gasteiger partial charge in [0.2, 0.25) is 10.0 Å². The maximum atomic E-state index is 12.5. The van der Waals surface area contributed by atoms with Gasteiger partial charge in [-0.2, -0.15) is 4.31 Å². The van der Waals surface area contributed by atoms with Gasteiger partial charge in [-0.05, 0) is 32.4 Å². The molecule has 0 radical (unpaired) electrons. The number of hydrogen-bond acceptors (Lipinski definition) is 5. The maximum absolute atomic E-state index is 12.5. The number of rotatable bonds is 6. The number of ether oxygens (including phenoxy) is 2. The predicted octanol–water partition coefficient (Wildman–Crippen LogP) is 1.24. The fraction of sp³-hybridized carbons (Fsp3) is 0.571. The molecule has 1 aromatic carbocycles. The van der Waals surface area contributed by atoms with Gasteiger partial charge in [-0.15, -0.1) is 0 Å². The number of hydrogen-bond donors (Lipinski definition) is 1. The lowest BCUT2D eigenvalue weighted by molar-refractivity contribution is 0.189. The fourth-order valence-corrected chi connectivity index (χ4v) is 3.78. The van der Waals surface area contributed by atoms with Crippen molar-refractivity contribution in [3.8, 4) is 11.5 Å². The number of aliphatic hydroxyl groups is 1. The quantitative estimate of drug-likeness (QED) is 0.855. The average Bonchev–Trinajstić information content (AvgIpc) is 2.88. The Bertz CT molecular complexity index is 587. The van der Waals surface area contributed by atoms with Crippen molar-refractivity contribution in [1.82, 2.24) is 4.31 Å². The first kappa shape index (κ1) is 16.1. The van der Waals surface area contributed by atoms with E-state index < -0.39 is 16.1 Å². The first-order valence-corrected chi connectivity index (χ1v) is 8.51. The minimum Gasteiger partial charge on any atom is -0.490 e. The van der Waals surface area contributed by atoms with E-state index in [2.05, 4.69) is 0 Å². The molecular formula is C14H21NO5S. The molecule has 21 heavy (non-hydrogen) atoms. The van der Waals surface area contributed by atoms with Crippen molar-refractivity contribution < 1.29 is 23.0 Å². The zero-order chi connectivity index (χ0) is 15.5. The molecule has 7 heteroatoms. The smallest absolute Gasteiger partial charge is 0.243 e. The summed E-state index contributed by atoms with van der Waals surface area (Å²) in [5, 5.41) is 9.51. The van der Waals surface area contributed by atoms with Crippen LogP contribution in [0.25, 0.3) is 0 Å². The number of nitrogens with zero attached hydrogens (tertiary/aromatic N) is 1. The Hall–Kier alpha value is -1.31. The second kappa shape index (κ2) is 6.64. The molecule has 1 atom stereocenters. The van der Waals surface area contributed by atoms with E-state index in [-0.39, 0.29) is 11.4 Å². The molecule has 1 fully saturated rings. The molecule has 1 aliphatic rings. The molecule has 0 amide bonds. The third kappa shape index (κ3) is 3.48. The Morgan fingerprint density at radius 3 is 2.48 bits per heavy atom. The first-order valence-electron chi connectivity index (χ1n) is 7.07. The third-order valence-electron chi connectivity index (χ3n) is 3.28. The molecular weight excluding hydrogens is 294 g/mol. The molecule has 1 aliphatic heterocycles. The summed E-state index contributed by atoms with van der Waals surface area (Å²) in [4.78, 5) is 0.156. The molecule has 1 heterocycles. The van der Waals surface area contributed by atoms with Gasteiger partial charge in [-0.1, -0.05) is 0 Å². The van der Waals surface area contributed by atoms with Crippen LogP contribution in [0.15, 0.2) is 23.1 Å². The van der Waals surface area contributed by atoms with Crippen molar-refractivity contribution in [1.29, 1.82) is 0 Å². The van der Waals surface area contributed by atoms with Crippen LogP contribution in [-0.2, 0) is 10.0 Å². The summed E-state index contributed by atoms with van der Waals surface area (Å²) < 4.78 is 37.2. The van der Waals surface area contributed by atoms with E-state index >= 15 is 0 Å². The van der Waals surface area contributed by atoms with Crippen LogP contribution in [0.3, 0.4) is 0 Å². The van der Waals surface area contributed by atoms with Crippen LogP contribution < -0.4 is 9.47 Å². The molecule has 0 unspecified atom stereocenters. The summed E-state index contributed by atoms with van der Waals surface area (Å²) in [7, 11) is -3.61. The van der Waals surface area contributed by atoms with Gasteiger partial charge in [0.1, 0.15) is 0 Å². The first-order chi connectivity index (χ1) is 9.98. The lowest BCUT2D eigenvalue weighted by atomic mass is 10.3. The lowest BCUT2D eigenvalue weighted by Gasteiger charge is -2.17. The van der Waals surface area contributed by atoms with Crippen LogP contribution in [0.5, 0.6) is 11.5 Å².